The Hall–Kier alpha value is -3.49. The van der Waals surface area contributed by atoms with Gasteiger partial charge >= 0.3 is 5.97 Å². The maximum Gasteiger partial charge on any atom is 0.320 e. The van der Waals surface area contributed by atoms with Crippen LogP contribution in [0.2, 0.25) is 0 Å². The third kappa shape index (κ3) is 5.50. The van der Waals surface area contributed by atoms with Gasteiger partial charge in [0.25, 0.3) is 0 Å². The van der Waals surface area contributed by atoms with E-state index in [9.17, 15) is 17.6 Å². The van der Waals surface area contributed by atoms with Crippen LogP contribution in [-0.4, -0.2) is 42.9 Å². The summed E-state index contributed by atoms with van der Waals surface area (Å²) in [6, 6.07) is 19.0. The molecule has 0 radical (unpaired) electrons. The van der Waals surface area contributed by atoms with E-state index in [0.717, 1.165) is 0 Å². The number of rotatable bonds is 8. The lowest BCUT2D eigenvalue weighted by atomic mass is 9.87. The molecule has 8 nitrogen and oxygen atoms in total. The molecular formula is C25H23ClFN3O5S. The van der Waals surface area contributed by atoms with E-state index < -0.39 is 33.5 Å². The van der Waals surface area contributed by atoms with Gasteiger partial charge in [-0.15, -0.1) is 12.4 Å². The van der Waals surface area contributed by atoms with Crippen molar-refractivity contribution in [1.29, 1.82) is 5.26 Å². The fourth-order valence-electron chi connectivity index (χ4n) is 3.90. The number of carboxylic acid groups (broad SMARTS) is 1. The summed E-state index contributed by atoms with van der Waals surface area (Å²) in [4.78, 5) is 11.1. The number of carbonyl (C=O) groups is 1. The zero-order valence-corrected chi connectivity index (χ0v) is 20.5. The lowest BCUT2D eigenvalue weighted by molar-refractivity contribution is -0.138. The standard InChI is InChI=1S/C25H22FN3O5S.ClH/c26-20-8-6-19(7-9-20)25(34-21-10-4-17(14-27)5-11-21)15-29(16-25)35(32,33)22-3-1-2-18(12-22)13-23(28)24(30)31;/h1-12,23H,13,15-16,28H2,(H,30,31);1H/t23-;/m0./s1. The highest BCUT2D eigenvalue weighted by atomic mass is 35.5. The molecule has 1 aliphatic rings. The lowest BCUT2D eigenvalue weighted by Crippen LogP contribution is -2.64. The number of benzene rings is 3. The van der Waals surface area contributed by atoms with Gasteiger partial charge in [-0.2, -0.15) is 9.57 Å². The Morgan fingerprint density at radius 1 is 1.14 bits per heavy atom. The van der Waals surface area contributed by atoms with Crippen molar-refractivity contribution >= 4 is 28.4 Å². The van der Waals surface area contributed by atoms with E-state index in [4.69, 9.17) is 20.8 Å². The van der Waals surface area contributed by atoms with Gasteiger partial charge in [0.05, 0.1) is 29.6 Å². The number of hydrogen-bond acceptors (Lipinski definition) is 6. The molecule has 11 heteroatoms. The van der Waals surface area contributed by atoms with Crippen LogP contribution < -0.4 is 10.5 Å². The van der Waals surface area contributed by atoms with Gasteiger partial charge in [-0.1, -0.05) is 24.3 Å². The third-order valence-electron chi connectivity index (χ3n) is 5.84. The van der Waals surface area contributed by atoms with Crippen molar-refractivity contribution in [3.63, 3.8) is 0 Å². The molecule has 1 heterocycles. The Labute approximate surface area is 214 Å². The molecular weight excluding hydrogens is 509 g/mol. The van der Waals surface area contributed by atoms with Crippen molar-refractivity contribution in [2.75, 3.05) is 13.1 Å². The molecule has 188 valence electrons. The van der Waals surface area contributed by atoms with Gasteiger partial charge in [-0.3, -0.25) is 4.79 Å². The van der Waals surface area contributed by atoms with Gasteiger partial charge in [-0.25, -0.2) is 12.8 Å². The van der Waals surface area contributed by atoms with Crippen LogP contribution in [0.4, 0.5) is 4.39 Å². The number of sulfonamides is 1. The average Bonchev–Trinajstić information content (AvgIpc) is 2.82. The molecule has 0 saturated carbocycles. The van der Waals surface area contributed by atoms with Gasteiger partial charge in [0.2, 0.25) is 10.0 Å². The Kier molecular flexibility index (Phi) is 8.01. The van der Waals surface area contributed by atoms with Gasteiger partial charge in [0.15, 0.2) is 5.60 Å². The number of halogens is 2. The summed E-state index contributed by atoms with van der Waals surface area (Å²) in [5.41, 5.74) is 6.07. The van der Waals surface area contributed by atoms with E-state index in [1.165, 1.54) is 34.6 Å². The Morgan fingerprint density at radius 3 is 2.36 bits per heavy atom. The first kappa shape index (κ1) is 27.1. The summed E-state index contributed by atoms with van der Waals surface area (Å²) in [6.07, 6.45) is -0.0139. The Morgan fingerprint density at radius 2 is 1.78 bits per heavy atom. The molecule has 1 saturated heterocycles. The second-order valence-corrected chi connectivity index (χ2v) is 10.2. The average molecular weight is 532 g/mol. The van der Waals surface area contributed by atoms with Gasteiger partial charge < -0.3 is 15.6 Å². The van der Waals surface area contributed by atoms with Gasteiger partial charge in [-0.05, 0) is 66.1 Å². The summed E-state index contributed by atoms with van der Waals surface area (Å²) in [7, 11) is -3.92. The van der Waals surface area contributed by atoms with Crippen molar-refractivity contribution in [3.05, 3.63) is 95.3 Å². The number of nitriles is 1. The van der Waals surface area contributed by atoms with Crippen LogP contribution in [0.5, 0.6) is 5.75 Å². The Bertz CT molecular complexity index is 1390. The van der Waals surface area contributed by atoms with E-state index in [0.29, 0.717) is 22.4 Å². The van der Waals surface area contributed by atoms with Crippen LogP contribution in [0.1, 0.15) is 16.7 Å². The summed E-state index contributed by atoms with van der Waals surface area (Å²) >= 11 is 0. The minimum Gasteiger partial charge on any atom is -0.480 e. The molecule has 3 aromatic rings. The van der Waals surface area contributed by atoms with Crippen molar-refractivity contribution in [3.8, 4) is 11.8 Å². The molecule has 0 spiro atoms. The van der Waals surface area contributed by atoms with Crippen molar-refractivity contribution < 1.29 is 27.4 Å². The first-order chi connectivity index (χ1) is 16.6. The summed E-state index contributed by atoms with van der Waals surface area (Å²) in [5, 5.41) is 18.1. The maximum absolute atomic E-state index is 13.5. The number of ether oxygens (including phenoxy) is 1. The highest BCUT2D eigenvalue weighted by Crippen LogP contribution is 2.40. The highest BCUT2D eigenvalue weighted by Gasteiger charge is 2.52. The van der Waals surface area contributed by atoms with E-state index >= 15 is 0 Å². The molecule has 1 aliphatic heterocycles. The Balaban J connectivity index is 0.00000361. The number of aliphatic carboxylic acids is 1. The first-order valence-corrected chi connectivity index (χ1v) is 12.1. The monoisotopic (exact) mass is 531 g/mol. The molecule has 0 amide bonds. The number of carboxylic acids is 1. The first-order valence-electron chi connectivity index (χ1n) is 10.7. The predicted molar refractivity (Wildman–Crippen MR) is 132 cm³/mol. The van der Waals surface area contributed by atoms with Crippen molar-refractivity contribution in [1.82, 2.24) is 4.31 Å². The topological polar surface area (TPSA) is 134 Å². The second kappa shape index (κ2) is 10.6. The molecule has 36 heavy (non-hydrogen) atoms. The minimum absolute atomic E-state index is 0. The molecule has 3 N–H and O–H groups in total. The highest BCUT2D eigenvalue weighted by molar-refractivity contribution is 7.89. The zero-order valence-electron chi connectivity index (χ0n) is 18.9. The summed E-state index contributed by atoms with van der Waals surface area (Å²) in [5.74, 6) is -1.16. The van der Waals surface area contributed by atoms with E-state index in [-0.39, 0.29) is 36.8 Å². The number of hydrogen-bond donors (Lipinski definition) is 2. The van der Waals surface area contributed by atoms with Crippen LogP contribution in [0.15, 0.2) is 77.7 Å². The molecule has 1 atom stereocenters. The van der Waals surface area contributed by atoms with Crippen molar-refractivity contribution in [2.45, 2.75) is 23.0 Å². The number of nitrogens with two attached hydrogens (primary N) is 1. The molecule has 0 unspecified atom stereocenters. The van der Waals surface area contributed by atoms with E-state index in [2.05, 4.69) is 0 Å². The summed E-state index contributed by atoms with van der Waals surface area (Å²) in [6.45, 7) is -0.0559. The summed E-state index contributed by atoms with van der Waals surface area (Å²) < 4.78 is 47.6. The molecule has 0 bridgehead atoms. The smallest absolute Gasteiger partial charge is 0.320 e. The maximum atomic E-state index is 13.5. The molecule has 4 rings (SSSR count). The SMILES string of the molecule is Cl.N#Cc1ccc(OC2(c3ccc(F)cc3)CN(S(=O)(=O)c3cccc(C[C@H](N)C(=O)O)c3)C2)cc1. The van der Waals surface area contributed by atoms with Crippen LogP contribution >= 0.6 is 12.4 Å². The van der Waals surface area contributed by atoms with E-state index in [1.54, 1.807) is 42.5 Å². The fourth-order valence-corrected chi connectivity index (χ4v) is 5.51. The van der Waals surface area contributed by atoms with Crippen LogP contribution in [0.25, 0.3) is 0 Å². The molecule has 0 aliphatic carbocycles. The van der Waals surface area contributed by atoms with E-state index in [1.807, 2.05) is 6.07 Å². The van der Waals surface area contributed by atoms with Gasteiger partial charge in [0, 0.05) is 0 Å². The predicted octanol–water partition coefficient (Wildman–Crippen LogP) is 3.05. The largest absolute Gasteiger partial charge is 0.480 e. The van der Waals surface area contributed by atoms with Crippen LogP contribution in [0.3, 0.4) is 0 Å². The third-order valence-corrected chi connectivity index (χ3v) is 7.63. The lowest BCUT2D eigenvalue weighted by Gasteiger charge is -2.48. The number of nitrogens with zero attached hydrogens (tertiary/aromatic N) is 2. The molecule has 0 aromatic heterocycles. The second-order valence-electron chi connectivity index (χ2n) is 8.31. The molecule has 1 fully saturated rings. The van der Waals surface area contributed by atoms with Crippen molar-refractivity contribution in [2.24, 2.45) is 5.73 Å². The molecule has 3 aromatic carbocycles. The minimum atomic E-state index is -3.92. The van der Waals surface area contributed by atoms with Crippen LogP contribution in [-0.2, 0) is 26.8 Å². The van der Waals surface area contributed by atoms with Gasteiger partial charge in [0.1, 0.15) is 17.6 Å². The zero-order chi connectivity index (χ0) is 25.2. The normalized spacial score (nSPS) is 15.6. The van der Waals surface area contributed by atoms with Crippen LogP contribution in [0, 0.1) is 17.1 Å². The quantitative estimate of drug-likeness (QED) is 0.456. The fraction of sp³-hybridized carbons (Fsp3) is 0.200.